The number of carbonyl (C=O) groups excluding carboxylic acids is 2. The summed E-state index contributed by atoms with van der Waals surface area (Å²) < 4.78 is 1.79. The Morgan fingerprint density at radius 3 is 2.89 bits per heavy atom. The number of carbonyl (C=O) groups is 2. The highest BCUT2D eigenvalue weighted by molar-refractivity contribution is 7.99. The van der Waals surface area contributed by atoms with Crippen molar-refractivity contribution in [1.29, 1.82) is 0 Å². The zero-order valence-corrected chi connectivity index (χ0v) is 16.4. The summed E-state index contributed by atoms with van der Waals surface area (Å²) in [6, 6.07) is 1.46. The number of imide groups is 1. The summed E-state index contributed by atoms with van der Waals surface area (Å²) in [5.74, 6) is 0.209. The molecule has 0 atom stereocenters. The van der Waals surface area contributed by atoms with Crippen LogP contribution in [0, 0.1) is 13.8 Å². The molecule has 2 heterocycles. The number of hydrogen-bond acceptors (Lipinski definition) is 6. The minimum Gasteiger partial charge on any atom is -0.337 e. The third kappa shape index (κ3) is 5.29. The number of hydrogen-bond donors (Lipinski definition) is 2. The molecule has 27 heavy (non-hydrogen) atoms. The molecule has 0 aliphatic heterocycles. The van der Waals surface area contributed by atoms with Crippen LogP contribution in [-0.4, -0.2) is 43.8 Å². The Labute approximate surface area is 162 Å². The molecule has 1 aliphatic carbocycles. The van der Waals surface area contributed by atoms with Crippen LogP contribution in [0.2, 0.25) is 0 Å². The molecule has 0 unspecified atom stereocenters. The first-order valence-electron chi connectivity index (χ1n) is 9.10. The molecule has 0 saturated heterocycles. The first kappa shape index (κ1) is 19.3. The van der Waals surface area contributed by atoms with Crippen molar-refractivity contribution in [3.05, 3.63) is 29.1 Å². The second-order valence-electron chi connectivity index (χ2n) is 6.61. The monoisotopic (exact) mass is 388 g/mol. The summed E-state index contributed by atoms with van der Waals surface area (Å²) in [4.78, 5) is 28.2. The van der Waals surface area contributed by atoms with Gasteiger partial charge in [0.05, 0.1) is 5.75 Å². The third-order valence-corrected chi connectivity index (χ3v) is 5.29. The van der Waals surface area contributed by atoms with Crippen molar-refractivity contribution in [2.24, 2.45) is 0 Å². The number of rotatable bonds is 6. The highest BCUT2D eigenvalue weighted by Gasteiger charge is 2.14. The van der Waals surface area contributed by atoms with Crippen LogP contribution in [-0.2, 0) is 4.79 Å². The zero-order valence-electron chi connectivity index (χ0n) is 15.6. The first-order chi connectivity index (χ1) is 13.0. The molecule has 2 N–H and O–H groups in total. The lowest BCUT2D eigenvalue weighted by atomic mass is 9.97. The lowest BCUT2D eigenvalue weighted by molar-refractivity contribution is -0.117. The van der Waals surface area contributed by atoms with Gasteiger partial charge in [0.2, 0.25) is 5.91 Å². The van der Waals surface area contributed by atoms with Gasteiger partial charge in [0.15, 0.2) is 5.16 Å². The predicted molar refractivity (Wildman–Crippen MR) is 104 cm³/mol. The van der Waals surface area contributed by atoms with E-state index in [1.54, 1.807) is 4.40 Å². The molecule has 3 amide bonds. The summed E-state index contributed by atoms with van der Waals surface area (Å²) in [5, 5.41) is 13.8. The normalized spacial score (nSPS) is 14.1. The fraction of sp³-hybridized carbons (Fsp3) is 0.500. The lowest BCUT2D eigenvalue weighted by Crippen LogP contribution is -2.40. The van der Waals surface area contributed by atoms with E-state index >= 15 is 0 Å². The van der Waals surface area contributed by atoms with Crippen molar-refractivity contribution in [3.8, 4) is 0 Å². The van der Waals surface area contributed by atoms with Gasteiger partial charge in [-0.25, -0.2) is 9.78 Å². The standard InChI is InChI=1S/C18H24N6O2S/c1-12-10-13(2)24-16(20-12)22-23-18(24)27-11-15(25)21-17(26)19-9-8-14-6-4-3-5-7-14/h6,10H,3-5,7-9,11H2,1-2H3,(H2,19,21,25,26). The van der Waals surface area contributed by atoms with Crippen LogP contribution < -0.4 is 10.6 Å². The molecule has 1 aliphatic rings. The molecule has 2 aromatic heterocycles. The molecule has 0 radical (unpaired) electrons. The maximum absolute atomic E-state index is 12.0. The maximum Gasteiger partial charge on any atom is 0.321 e. The van der Waals surface area contributed by atoms with Gasteiger partial charge in [-0.2, -0.15) is 0 Å². The first-order valence-corrected chi connectivity index (χ1v) is 10.1. The Balaban J connectivity index is 1.44. The largest absolute Gasteiger partial charge is 0.337 e. The van der Waals surface area contributed by atoms with Gasteiger partial charge in [-0.1, -0.05) is 23.4 Å². The van der Waals surface area contributed by atoms with Gasteiger partial charge >= 0.3 is 6.03 Å². The van der Waals surface area contributed by atoms with Crippen molar-refractivity contribution < 1.29 is 9.59 Å². The summed E-state index contributed by atoms with van der Waals surface area (Å²) in [5.41, 5.74) is 3.20. The van der Waals surface area contributed by atoms with Gasteiger partial charge in [0, 0.05) is 17.9 Å². The van der Waals surface area contributed by atoms with Crippen molar-refractivity contribution in [3.63, 3.8) is 0 Å². The van der Waals surface area contributed by atoms with E-state index in [1.165, 1.54) is 30.2 Å². The Hall–Kier alpha value is -2.42. The summed E-state index contributed by atoms with van der Waals surface area (Å²) in [6.45, 7) is 4.37. The molecule has 9 heteroatoms. The fourth-order valence-corrected chi connectivity index (χ4v) is 3.88. The lowest BCUT2D eigenvalue weighted by Gasteiger charge is -2.13. The SMILES string of the molecule is Cc1cc(C)n2c(SCC(=O)NC(=O)NCCC3=CCCCC3)nnc2n1. The molecule has 0 aromatic carbocycles. The van der Waals surface area contributed by atoms with Crippen LogP contribution in [0.4, 0.5) is 4.79 Å². The van der Waals surface area contributed by atoms with Crippen molar-refractivity contribution in [2.75, 3.05) is 12.3 Å². The second-order valence-corrected chi connectivity index (χ2v) is 7.55. The van der Waals surface area contributed by atoms with Gasteiger partial charge in [-0.05, 0) is 52.0 Å². The Kier molecular flexibility index (Phi) is 6.44. The molecule has 2 aromatic rings. The van der Waals surface area contributed by atoms with Gasteiger partial charge in [-0.3, -0.25) is 14.5 Å². The Morgan fingerprint density at radius 1 is 1.26 bits per heavy atom. The fourth-order valence-electron chi connectivity index (χ4n) is 3.10. The molecule has 3 rings (SSSR count). The van der Waals surface area contributed by atoms with E-state index in [2.05, 4.69) is 31.9 Å². The van der Waals surface area contributed by atoms with E-state index in [9.17, 15) is 9.59 Å². The number of urea groups is 1. The molecule has 0 fully saturated rings. The zero-order chi connectivity index (χ0) is 19.2. The number of thioether (sulfide) groups is 1. The smallest absolute Gasteiger partial charge is 0.321 e. The molecule has 0 saturated carbocycles. The van der Waals surface area contributed by atoms with Crippen LogP contribution in [0.15, 0.2) is 22.9 Å². The van der Waals surface area contributed by atoms with E-state index in [1.807, 2.05) is 19.9 Å². The molecular formula is C18H24N6O2S. The van der Waals surface area contributed by atoms with E-state index in [0.29, 0.717) is 17.5 Å². The van der Waals surface area contributed by atoms with Crippen molar-refractivity contribution in [2.45, 2.75) is 51.1 Å². The molecular weight excluding hydrogens is 364 g/mol. The van der Waals surface area contributed by atoms with Crippen molar-refractivity contribution in [1.82, 2.24) is 30.2 Å². The maximum atomic E-state index is 12.0. The quantitative estimate of drug-likeness (QED) is 0.582. The molecule has 8 nitrogen and oxygen atoms in total. The van der Waals surface area contributed by atoms with Gasteiger partial charge in [0.25, 0.3) is 5.78 Å². The number of amides is 3. The average Bonchev–Trinajstić information content (AvgIpc) is 3.04. The minimum atomic E-state index is -0.461. The van der Waals surface area contributed by atoms with E-state index in [0.717, 1.165) is 30.7 Å². The number of fused-ring (bicyclic) bond motifs is 1. The summed E-state index contributed by atoms with van der Waals surface area (Å²) in [7, 11) is 0. The van der Waals surface area contributed by atoms with Gasteiger partial charge in [0.1, 0.15) is 0 Å². The summed E-state index contributed by atoms with van der Waals surface area (Å²) in [6.07, 6.45) is 7.81. The highest BCUT2D eigenvalue weighted by Crippen LogP contribution is 2.19. The Bertz CT molecular complexity index is 876. The summed E-state index contributed by atoms with van der Waals surface area (Å²) >= 11 is 1.22. The molecule has 0 bridgehead atoms. The van der Waals surface area contributed by atoms with Gasteiger partial charge in [-0.15, -0.1) is 10.2 Å². The van der Waals surface area contributed by atoms with Crippen LogP contribution >= 0.6 is 11.8 Å². The highest BCUT2D eigenvalue weighted by atomic mass is 32.2. The molecule has 144 valence electrons. The number of aryl methyl sites for hydroxylation is 2. The average molecular weight is 388 g/mol. The Morgan fingerprint density at radius 2 is 2.11 bits per heavy atom. The minimum absolute atomic E-state index is 0.0761. The van der Waals surface area contributed by atoms with E-state index < -0.39 is 6.03 Å². The topological polar surface area (TPSA) is 101 Å². The van der Waals surface area contributed by atoms with Crippen LogP contribution in [0.3, 0.4) is 0 Å². The van der Waals surface area contributed by atoms with E-state index in [-0.39, 0.29) is 11.7 Å². The van der Waals surface area contributed by atoms with Gasteiger partial charge < -0.3 is 5.32 Å². The van der Waals surface area contributed by atoms with Crippen molar-refractivity contribution >= 4 is 29.5 Å². The van der Waals surface area contributed by atoms with Crippen LogP contribution in [0.1, 0.15) is 43.5 Å². The number of nitrogens with zero attached hydrogens (tertiary/aromatic N) is 4. The number of aromatic nitrogens is 4. The number of allylic oxidation sites excluding steroid dienone is 1. The predicted octanol–water partition coefficient (Wildman–Crippen LogP) is 2.55. The third-order valence-electron chi connectivity index (χ3n) is 4.37. The van der Waals surface area contributed by atoms with Crippen LogP contribution in [0.5, 0.6) is 0 Å². The van der Waals surface area contributed by atoms with E-state index in [4.69, 9.17) is 0 Å². The van der Waals surface area contributed by atoms with Crippen LogP contribution in [0.25, 0.3) is 5.78 Å². The number of nitrogens with one attached hydrogen (secondary N) is 2. The molecule has 0 spiro atoms. The second kappa shape index (κ2) is 8.98.